The Balaban J connectivity index is 1.98. The van der Waals surface area contributed by atoms with Crippen LogP contribution in [0.1, 0.15) is 91.9 Å². The molecule has 0 atom stereocenters. The van der Waals surface area contributed by atoms with Gasteiger partial charge in [-0.2, -0.15) is 0 Å². The van der Waals surface area contributed by atoms with E-state index in [0.29, 0.717) is 0 Å². The van der Waals surface area contributed by atoms with Gasteiger partial charge in [0.15, 0.2) is 0 Å². The van der Waals surface area contributed by atoms with E-state index in [1.807, 2.05) is 11.3 Å². The molecule has 0 saturated carbocycles. The summed E-state index contributed by atoms with van der Waals surface area (Å²) in [5.41, 5.74) is 3.58. The van der Waals surface area contributed by atoms with Crippen molar-refractivity contribution in [2.24, 2.45) is 0 Å². The van der Waals surface area contributed by atoms with E-state index in [0.717, 1.165) is 37.4 Å². The number of rotatable bonds is 15. The van der Waals surface area contributed by atoms with Crippen LogP contribution in [-0.4, -0.2) is 31.2 Å². The smallest absolute Gasteiger partial charge is 0.201 e. The lowest BCUT2D eigenvalue weighted by Crippen LogP contribution is -2.32. The Labute approximate surface area is 211 Å². The number of hydrogen-bond donors (Lipinski definition) is 0. The molecule has 1 aliphatic carbocycles. The Kier molecular flexibility index (Phi) is 11.3. The molecule has 1 aromatic carbocycles. The summed E-state index contributed by atoms with van der Waals surface area (Å²) in [6, 6.07) is 13.8. The summed E-state index contributed by atoms with van der Waals surface area (Å²) < 4.78 is 3.90. The number of aromatic nitrogens is 1. The highest BCUT2D eigenvalue weighted by molar-refractivity contribution is 7.21. The number of hydrogen-bond acceptors (Lipinski definition) is 3. The van der Waals surface area contributed by atoms with Crippen molar-refractivity contribution in [3.8, 4) is 10.6 Å². The van der Waals surface area contributed by atoms with Crippen LogP contribution in [0.3, 0.4) is 0 Å². The number of anilines is 1. The van der Waals surface area contributed by atoms with E-state index >= 15 is 0 Å². The second kappa shape index (κ2) is 14.5. The zero-order valence-corrected chi connectivity index (χ0v) is 22.9. The van der Waals surface area contributed by atoms with Crippen LogP contribution in [0.4, 0.5) is 5.69 Å². The first-order valence-electron chi connectivity index (χ1n) is 13.9. The molecule has 0 spiro atoms. The van der Waals surface area contributed by atoms with Gasteiger partial charge in [-0.3, -0.25) is 0 Å². The first-order valence-corrected chi connectivity index (χ1v) is 14.7. The molecule has 0 N–H and O–H groups in total. The Hall–Kier alpha value is -1.94. The van der Waals surface area contributed by atoms with Gasteiger partial charge in [0.1, 0.15) is 13.1 Å². The topological polar surface area (TPSA) is 19.1 Å². The number of fused-ring (bicyclic) bond motifs is 2. The van der Waals surface area contributed by atoms with Crippen molar-refractivity contribution in [2.45, 2.75) is 91.9 Å². The van der Waals surface area contributed by atoms with Crippen LogP contribution in [0.25, 0.3) is 20.8 Å². The molecule has 0 saturated heterocycles. The lowest BCUT2D eigenvalue weighted by Gasteiger charge is -2.25. The normalized spacial score (nSPS) is 11.4. The van der Waals surface area contributed by atoms with Gasteiger partial charge in [-0.15, -0.1) is 11.3 Å². The van der Waals surface area contributed by atoms with E-state index in [2.05, 4.69) is 73.6 Å². The third-order valence-electron chi connectivity index (χ3n) is 6.70. The second-order valence-corrected chi connectivity index (χ2v) is 10.7. The van der Waals surface area contributed by atoms with E-state index in [1.54, 1.807) is 0 Å². The zero-order chi connectivity index (χ0) is 24.2. The quantitative estimate of drug-likeness (QED) is 0.125. The lowest BCUT2D eigenvalue weighted by molar-refractivity contribution is 0.509. The summed E-state index contributed by atoms with van der Waals surface area (Å²) in [7, 11) is 0. The van der Waals surface area contributed by atoms with Crippen LogP contribution in [0.2, 0.25) is 0 Å². The van der Waals surface area contributed by atoms with Gasteiger partial charge in [-0.25, -0.2) is 9.56 Å². The van der Waals surface area contributed by atoms with Gasteiger partial charge in [0.25, 0.3) is 0 Å². The van der Waals surface area contributed by atoms with Gasteiger partial charge in [0.05, 0.1) is 20.8 Å². The van der Waals surface area contributed by atoms with Gasteiger partial charge in [0.2, 0.25) is 5.36 Å². The third kappa shape index (κ3) is 7.53. The van der Waals surface area contributed by atoms with Crippen molar-refractivity contribution in [2.75, 3.05) is 31.1 Å². The number of unbranched alkanes of at least 4 members (excludes halogenated alkanes) is 6. The van der Waals surface area contributed by atoms with Gasteiger partial charge in [-0.05, 0) is 49.9 Å². The highest BCUT2D eigenvalue weighted by Crippen LogP contribution is 2.32. The molecule has 34 heavy (non-hydrogen) atoms. The van der Waals surface area contributed by atoms with Crippen molar-refractivity contribution in [3.05, 3.63) is 41.8 Å². The molecular formula is C30H46N3S+. The fraction of sp³-hybridized carbons (Fsp3) is 0.600. The Morgan fingerprint density at radius 2 is 1.38 bits per heavy atom. The molecule has 0 unspecified atom stereocenters. The minimum atomic E-state index is 1.11. The fourth-order valence-electron chi connectivity index (χ4n) is 4.54. The largest absolute Gasteiger partial charge is 0.371 e. The van der Waals surface area contributed by atoms with Crippen LogP contribution in [0.5, 0.6) is 0 Å². The number of nitrogens with zero attached hydrogens (tertiary/aromatic N) is 3. The molecule has 3 nitrogen and oxygen atoms in total. The molecule has 1 aromatic rings. The van der Waals surface area contributed by atoms with Crippen LogP contribution < -0.4 is 14.8 Å². The minimum absolute atomic E-state index is 1.11. The zero-order valence-electron chi connectivity index (χ0n) is 22.1. The van der Waals surface area contributed by atoms with Crippen LogP contribution in [0, 0.1) is 0 Å². The fourth-order valence-corrected chi connectivity index (χ4v) is 5.57. The minimum Gasteiger partial charge on any atom is -0.371 e. The van der Waals surface area contributed by atoms with Crippen molar-refractivity contribution in [1.29, 1.82) is 0 Å². The maximum Gasteiger partial charge on any atom is 0.201 e. The Morgan fingerprint density at radius 1 is 0.735 bits per heavy atom. The SMILES string of the molecule is CCCCC[N+](CCCCC)=c1ccc2nc3ccc(N(CCCC)CCCC)cc3sc-2c1. The summed E-state index contributed by atoms with van der Waals surface area (Å²) in [6.45, 7) is 13.7. The molecule has 2 aliphatic rings. The summed E-state index contributed by atoms with van der Waals surface area (Å²) >= 11 is 1.90. The summed E-state index contributed by atoms with van der Waals surface area (Å²) in [5, 5.41) is 1.36. The highest BCUT2D eigenvalue weighted by Gasteiger charge is 2.13. The van der Waals surface area contributed by atoms with Gasteiger partial charge in [-0.1, -0.05) is 53.4 Å². The molecule has 1 aliphatic heterocycles. The van der Waals surface area contributed by atoms with E-state index in [-0.39, 0.29) is 0 Å². The first kappa shape index (κ1) is 26.7. The van der Waals surface area contributed by atoms with E-state index in [1.165, 1.54) is 84.8 Å². The monoisotopic (exact) mass is 480 g/mol. The van der Waals surface area contributed by atoms with Crippen LogP contribution >= 0.6 is 11.3 Å². The maximum absolute atomic E-state index is 5.03. The molecule has 0 amide bonds. The molecule has 186 valence electrons. The molecule has 3 rings (SSSR count). The maximum atomic E-state index is 5.03. The van der Waals surface area contributed by atoms with Crippen molar-refractivity contribution in [3.63, 3.8) is 0 Å². The lowest BCUT2D eigenvalue weighted by atomic mass is 10.2. The summed E-state index contributed by atoms with van der Waals surface area (Å²) in [5.74, 6) is 0. The third-order valence-corrected chi connectivity index (χ3v) is 7.80. The van der Waals surface area contributed by atoms with Gasteiger partial charge in [0, 0.05) is 43.8 Å². The summed E-state index contributed by atoms with van der Waals surface area (Å²) in [4.78, 5) is 8.90. The average molecular weight is 481 g/mol. The van der Waals surface area contributed by atoms with Gasteiger partial charge < -0.3 is 4.90 Å². The van der Waals surface area contributed by atoms with Gasteiger partial charge >= 0.3 is 0 Å². The van der Waals surface area contributed by atoms with Crippen LogP contribution in [0.15, 0.2) is 36.4 Å². The van der Waals surface area contributed by atoms with Crippen LogP contribution in [-0.2, 0) is 0 Å². The second-order valence-electron chi connectivity index (χ2n) is 9.61. The summed E-state index contributed by atoms with van der Waals surface area (Å²) in [6.07, 6.45) is 12.7. The molecule has 0 bridgehead atoms. The van der Waals surface area contributed by atoms with E-state index in [9.17, 15) is 0 Å². The molecule has 1 heterocycles. The molecule has 0 radical (unpaired) electrons. The average Bonchev–Trinajstić information content (AvgIpc) is 2.86. The van der Waals surface area contributed by atoms with E-state index in [4.69, 9.17) is 4.98 Å². The van der Waals surface area contributed by atoms with Crippen molar-refractivity contribution in [1.82, 2.24) is 9.56 Å². The highest BCUT2D eigenvalue weighted by atomic mass is 32.1. The standard InChI is InChI=1S/C30H46N3S/c1-5-9-13-21-33(22-14-10-6-2)26-16-18-28-30(24-26)34-29-23-25(15-17-27(29)31-28)32(19-11-7-3)20-12-8-4/h15-18,23-24H,5-14,19-22H2,1-4H3/q+1. The first-order chi connectivity index (χ1) is 16.7. The molecule has 0 fully saturated rings. The van der Waals surface area contributed by atoms with E-state index < -0.39 is 0 Å². The van der Waals surface area contributed by atoms with Crippen molar-refractivity contribution >= 4 is 27.2 Å². The predicted octanol–water partition coefficient (Wildman–Crippen LogP) is 7.96. The molecule has 4 heteroatoms. The Bertz CT molecular complexity index is 1020. The Morgan fingerprint density at radius 3 is 2.00 bits per heavy atom. The number of benzene rings is 2. The predicted molar refractivity (Wildman–Crippen MR) is 152 cm³/mol. The van der Waals surface area contributed by atoms with Crippen molar-refractivity contribution < 1.29 is 0 Å². The molecular weight excluding hydrogens is 434 g/mol. The molecule has 0 aromatic heterocycles.